The van der Waals surface area contributed by atoms with Crippen LogP contribution in [0.15, 0.2) is 64.5 Å². The number of carbonyl (C=O) groups excluding carboxylic acids is 2. The lowest BCUT2D eigenvalue weighted by Gasteiger charge is -2.27. The molecule has 0 radical (unpaired) electrons. The molecule has 0 fully saturated rings. The number of carbonyl (C=O) groups is 2. The van der Waals surface area contributed by atoms with Crippen molar-refractivity contribution in [3.63, 3.8) is 0 Å². The van der Waals surface area contributed by atoms with Crippen molar-refractivity contribution in [2.24, 2.45) is 0 Å². The summed E-state index contributed by atoms with van der Waals surface area (Å²) in [5.74, 6) is -1.98. The third-order valence-electron chi connectivity index (χ3n) is 4.72. The predicted octanol–water partition coefficient (Wildman–Crippen LogP) is 3.35. The number of allylic oxidation sites excluding steroid dienone is 1. The highest BCUT2D eigenvalue weighted by Crippen LogP contribution is 2.39. The fourth-order valence-electron chi connectivity index (χ4n) is 3.35. The van der Waals surface area contributed by atoms with Gasteiger partial charge in [-0.2, -0.15) is 0 Å². The minimum atomic E-state index is -0.986. The maximum atomic E-state index is 14.6. The SMILES string of the molecule is CN(C)CCCN1C(=O)C(O)=C(C(=O)C=Cc2ccco2)C1c1ccccc1F. The van der Waals surface area contributed by atoms with Crippen LogP contribution in [-0.2, 0) is 9.59 Å². The fourth-order valence-corrected chi connectivity index (χ4v) is 3.35. The Bertz CT molecular complexity index is 947. The molecule has 3 rings (SSSR count). The predicted molar refractivity (Wildman–Crippen MR) is 106 cm³/mol. The first-order chi connectivity index (χ1) is 13.9. The van der Waals surface area contributed by atoms with Gasteiger partial charge >= 0.3 is 0 Å². The molecule has 0 aliphatic carbocycles. The standard InChI is InChI=1S/C22H23FN2O4/c1-24(2)12-6-13-25-20(16-8-3-4-9-17(16)23)19(21(27)22(25)28)18(26)11-10-15-7-5-14-29-15/h3-5,7-11,14,20,27H,6,12-13H2,1-2H3. The summed E-state index contributed by atoms with van der Waals surface area (Å²) in [4.78, 5) is 28.9. The first-order valence-corrected chi connectivity index (χ1v) is 9.29. The molecule has 1 amide bonds. The van der Waals surface area contributed by atoms with Crippen molar-refractivity contribution >= 4 is 17.8 Å². The van der Waals surface area contributed by atoms with E-state index in [1.54, 1.807) is 18.2 Å². The van der Waals surface area contributed by atoms with E-state index in [1.165, 1.54) is 41.5 Å². The van der Waals surface area contributed by atoms with Crippen LogP contribution in [-0.4, -0.2) is 53.8 Å². The van der Waals surface area contributed by atoms with E-state index in [2.05, 4.69) is 0 Å². The Morgan fingerprint density at radius 3 is 2.69 bits per heavy atom. The Kier molecular flexibility index (Phi) is 6.29. The van der Waals surface area contributed by atoms with Gasteiger partial charge in [-0.15, -0.1) is 0 Å². The molecule has 7 heteroatoms. The van der Waals surface area contributed by atoms with Crippen LogP contribution in [0, 0.1) is 5.82 Å². The number of amides is 1. The van der Waals surface area contributed by atoms with Gasteiger partial charge in [0.1, 0.15) is 11.6 Å². The number of nitrogens with zero attached hydrogens (tertiary/aromatic N) is 2. The summed E-state index contributed by atoms with van der Waals surface area (Å²) in [5, 5.41) is 10.5. The molecule has 1 atom stereocenters. The van der Waals surface area contributed by atoms with Crippen LogP contribution in [0.2, 0.25) is 0 Å². The van der Waals surface area contributed by atoms with Crippen molar-refractivity contribution in [3.8, 4) is 0 Å². The van der Waals surface area contributed by atoms with Crippen LogP contribution in [0.3, 0.4) is 0 Å². The molecule has 29 heavy (non-hydrogen) atoms. The normalized spacial score (nSPS) is 17.2. The van der Waals surface area contributed by atoms with Crippen molar-refractivity contribution in [2.45, 2.75) is 12.5 Å². The Morgan fingerprint density at radius 1 is 1.28 bits per heavy atom. The number of rotatable bonds is 8. The number of furan rings is 1. The summed E-state index contributed by atoms with van der Waals surface area (Å²) in [7, 11) is 3.81. The maximum absolute atomic E-state index is 14.6. The molecule has 1 N–H and O–H groups in total. The zero-order chi connectivity index (χ0) is 21.0. The second kappa shape index (κ2) is 8.87. The lowest BCUT2D eigenvalue weighted by atomic mass is 9.95. The Balaban J connectivity index is 1.96. The van der Waals surface area contributed by atoms with Gasteiger partial charge in [0.25, 0.3) is 5.91 Å². The molecule has 0 saturated heterocycles. The molecule has 0 saturated carbocycles. The van der Waals surface area contributed by atoms with E-state index >= 15 is 0 Å². The van der Waals surface area contributed by atoms with E-state index in [4.69, 9.17) is 4.42 Å². The third kappa shape index (κ3) is 4.46. The minimum absolute atomic E-state index is 0.132. The first kappa shape index (κ1) is 20.5. The highest BCUT2D eigenvalue weighted by molar-refractivity contribution is 6.14. The highest BCUT2D eigenvalue weighted by atomic mass is 19.1. The van der Waals surface area contributed by atoms with E-state index < -0.39 is 29.3 Å². The van der Waals surface area contributed by atoms with E-state index in [1.807, 2.05) is 19.0 Å². The minimum Gasteiger partial charge on any atom is -0.503 e. The maximum Gasteiger partial charge on any atom is 0.290 e. The van der Waals surface area contributed by atoms with Crippen molar-refractivity contribution in [1.29, 1.82) is 0 Å². The van der Waals surface area contributed by atoms with E-state index in [0.29, 0.717) is 18.7 Å². The molecule has 1 aliphatic heterocycles. The lowest BCUT2D eigenvalue weighted by Crippen LogP contribution is -2.33. The molecule has 1 aliphatic rings. The zero-order valence-corrected chi connectivity index (χ0v) is 16.3. The van der Waals surface area contributed by atoms with Gasteiger partial charge in [0.15, 0.2) is 11.5 Å². The largest absolute Gasteiger partial charge is 0.503 e. The van der Waals surface area contributed by atoms with Crippen molar-refractivity contribution in [1.82, 2.24) is 9.80 Å². The molecular weight excluding hydrogens is 375 g/mol. The van der Waals surface area contributed by atoms with Gasteiger partial charge in [-0.25, -0.2) is 4.39 Å². The zero-order valence-electron chi connectivity index (χ0n) is 16.3. The summed E-state index contributed by atoms with van der Waals surface area (Å²) in [6, 6.07) is 8.32. The summed E-state index contributed by atoms with van der Waals surface area (Å²) in [5.41, 5.74) is 0.0391. The van der Waals surface area contributed by atoms with Gasteiger partial charge in [0.05, 0.1) is 17.9 Å². The van der Waals surface area contributed by atoms with Gasteiger partial charge in [-0.3, -0.25) is 9.59 Å². The highest BCUT2D eigenvalue weighted by Gasteiger charge is 2.43. The van der Waals surface area contributed by atoms with Crippen LogP contribution in [0.25, 0.3) is 6.08 Å². The van der Waals surface area contributed by atoms with Crippen molar-refractivity contribution in [3.05, 3.63) is 77.2 Å². The number of benzene rings is 1. The number of hydrogen-bond acceptors (Lipinski definition) is 5. The van der Waals surface area contributed by atoms with Crippen LogP contribution in [0.1, 0.15) is 23.8 Å². The van der Waals surface area contributed by atoms with Crippen LogP contribution < -0.4 is 0 Å². The Hall–Kier alpha value is -3.19. The average Bonchev–Trinajstić information content (AvgIpc) is 3.28. The molecule has 2 heterocycles. The smallest absolute Gasteiger partial charge is 0.290 e. The first-order valence-electron chi connectivity index (χ1n) is 9.29. The number of hydrogen-bond donors (Lipinski definition) is 1. The van der Waals surface area contributed by atoms with Crippen LogP contribution in [0.4, 0.5) is 4.39 Å². The van der Waals surface area contributed by atoms with Crippen LogP contribution in [0.5, 0.6) is 0 Å². The number of ketones is 1. The number of aliphatic hydroxyl groups is 1. The second-order valence-electron chi connectivity index (χ2n) is 7.05. The topological polar surface area (TPSA) is 74.0 Å². The summed E-state index contributed by atoms with van der Waals surface area (Å²) in [6.07, 6.45) is 4.74. The molecular formula is C22H23FN2O4. The average molecular weight is 398 g/mol. The van der Waals surface area contributed by atoms with Gasteiger partial charge in [0.2, 0.25) is 0 Å². The van der Waals surface area contributed by atoms with Gasteiger partial charge in [-0.05, 0) is 57.4 Å². The second-order valence-corrected chi connectivity index (χ2v) is 7.05. The van der Waals surface area contributed by atoms with E-state index in [9.17, 15) is 19.1 Å². The van der Waals surface area contributed by atoms with Gasteiger partial charge in [-0.1, -0.05) is 18.2 Å². The van der Waals surface area contributed by atoms with Gasteiger partial charge < -0.3 is 19.3 Å². The summed E-state index contributed by atoms with van der Waals surface area (Å²) >= 11 is 0. The Labute approximate surface area is 168 Å². The van der Waals surface area contributed by atoms with Crippen molar-refractivity contribution in [2.75, 3.05) is 27.2 Å². The molecule has 0 spiro atoms. The summed E-state index contributed by atoms with van der Waals surface area (Å²) < 4.78 is 19.7. The number of aliphatic hydroxyl groups excluding tert-OH is 1. The Morgan fingerprint density at radius 2 is 2.03 bits per heavy atom. The van der Waals surface area contributed by atoms with Crippen molar-refractivity contribution < 1.29 is 23.5 Å². The molecule has 0 bridgehead atoms. The molecule has 152 valence electrons. The molecule has 2 aromatic rings. The molecule has 1 aromatic heterocycles. The molecule has 1 aromatic carbocycles. The fraction of sp³-hybridized carbons (Fsp3) is 0.273. The monoisotopic (exact) mass is 398 g/mol. The number of halogens is 1. The lowest BCUT2D eigenvalue weighted by molar-refractivity contribution is -0.129. The van der Waals surface area contributed by atoms with E-state index in [-0.39, 0.29) is 17.7 Å². The summed E-state index contributed by atoms with van der Waals surface area (Å²) in [6.45, 7) is 0.981. The quantitative estimate of drug-likeness (QED) is 0.691. The molecule has 1 unspecified atom stereocenters. The molecule has 6 nitrogen and oxygen atoms in total. The van der Waals surface area contributed by atoms with Gasteiger partial charge in [0, 0.05) is 12.1 Å². The van der Waals surface area contributed by atoms with E-state index in [0.717, 1.165) is 0 Å². The third-order valence-corrected chi connectivity index (χ3v) is 4.72. The van der Waals surface area contributed by atoms with Crippen LogP contribution >= 0.6 is 0 Å².